The summed E-state index contributed by atoms with van der Waals surface area (Å²) in [7, 11) is 0. The molecule has 1 unspecified atom stereocenters. The van der Waals surface area contributed by atoms with Crippen molar-refractivity contribution in [3.05, 3.63) is 0 Å². The van der Waals surface area contributed by atoms with Gasteiger partial charge in [0.1, 0.15) is 0 Å². The van der Waals surface area contributed by atoms with Gasteiger partial charge in [0.05, 0.1) is 0 Å². The number of rotatable bonds is 7. The van der Waals surface area contributed by atoms with Crippen molar-refractivity contribution in [3.8, 4) is 0 Å². The maximum atomic E-state index is 11.7. The molecule has 0 aliphatic heterocycles. The standard InChI is InChI=1S/C13H26N2O/c1-10(2)6-12(8-14)7-13(16)15-9-11-4-3-5-11/h10-12H,3-9,14H2,1-2H3,(H,15,16). The molecule has 0 aromatic carbocycles. The van der Waals surface area contributed by atoms with Crippen LogP contribution in [-0.4, -0.2) is 19.0 Å². The van der Waals surface area contributed by atoms with Gasteiger partial charge in [0.15, 0.2) is 0 Å². The highest BCUT2D eigenvalue weighted by atomic mass is 16.1. The van der Waals surface area contributed by atoms with E-state index in [1.807, 2.05) is 0 Å². The van der Waals surface area contributed by atoms with Crippen LogP contribution in [0.1, 0.15) is 46.0 Å². The molecule has 0 radical (unpaired) electrons. The monoisotopic (exact) mass is 226 g/mol. The number of nitrogens with one attached hydrogen (secondary N) is 1. The fraction of sp³-hybridized carbons (Fsp3) is 0.923. The molecule has 1 aliphatic rings. The summed E-state index contributed by atoms with van der Waals surface area (Å²) in [6, 6.07) is 0. The molecular weight excluding hydrogens is 200 g/mol. The molecule has 0 spiro atoms. The topological polar surface area (TPSA) is 55.1 Å². The minimum Gasteiger partial charge on any atom is -0.356 e. The smallest absolute Gasteiger partial charge is 0.220 e. The highest BCUT2D eigenvalue weighted by Crippen LogP contribution is 2.25. The van der Waals surface area contributed by atoms with E-state index in [1.165, 1.54) is 19.3 Å². The normalized spacial score (nSPS) is 18.2. The second kappa shape index (κ2) is 6.89. The van der Waals surface area contributed by atoms with Gasteiger partial charge in [-0.2, -0.15) is 0 Å². The molecular formula is C13H26N2O. The van der Waals surface area contributed by atoms with Crippen LogP contribution in [0.4, 0.5) is 0 Å². The summed E-state index contributed by atoms with van der Waals surface area (Å²) in [4.78, 5) is 11.7. The third-order valence-corrected chi connectivity index (χ3v) is 3.42. The van der Waals surface area contributed by atoms with Crippen LogP contribution in [0.2, 0.25) is 0 Å². The van der Waals surface area contributed by atoms with E-state index in [-0.39, 0.29) is 5.91 Å². The van der Waals surface area contributed by atoms with Crippen molar-refractivity contribution in [2.75, 3.05) is 13.1 Å². The van der Waals surface area contributed by atoms with Crippen LogP contribution >= 0.6 is 0 Å². The predicted octanol–water partition coefficient (Wildman–Crippen LogP) is 1.91. The average Bonchev–Trinajstić information content (AvgIpc) is 2.13. The van der Waals surface area contributed by atoms with Gasteiger partial charge >= 0.3 is 0 Å². The fourth-order valence-electron chi connectivity index (χ4n) is 2.22. The van der Waals surface area contributed by atoms with Gasteiger partial charge in [-0.25, -0.2) is 0 Å². The molecule has 0 aromatic rings. The zero-order valence-corrected chi connectivity index (χ0v) is 10.7. The van der Waals surface area contributed by atoms with Crippen LogP contribution in [0.3, 0.4) is 0 Å². The molecule has 3 heteroatoms. The molecule has 1 saturated carbocycles. The summed E-state index contributed by atoms with van der Waals surface area (Å²) in [6.07, 6.45) is 5.55. The Morgan fingerprint density at radius 1 is 1.44 bits per heavy atom. The first kappa shape index (κ1) is 13.5. The van der Waals surface area contributed by atoms with Crippen LogP contribution in [0.15, 0.2) is 0 Å². The Morgan fingerprint density at radius 2 is 2.12 bits per heavy atom. The second-order valence-electron chi connectivity index (χ2n) is 5.54. The second-order valence-corrected chi connectivity index (χ2v) is 5.54. The molecule has 1 fully saturated rings. The minimum atomic E-state index is 0.183. The number of nitrogens with two attached hydrogens (primary N) is 1. The van der Waals surface area contributed by atoms with Crippen molar-refractivity contribution in [1.82, 2.24) is 5.32 Å². The minimum absolute atomic E-state index is 0.183. The quantitative estimate of drug-likeness (QED) is 0.697. The van der Waals surface area contributed by atoms with E-state index in [0.717, 1.165) is 18.9 Å². The first-order valence-corrected chi connectivity index (χ1v) is 6.58. The van der Waals surface area contributed by atoms with Gasteiger partial charge in [-0.05, 0) is 43.6 Å². The van der Waals surface area contributed by atoms with Crippen LogP contribution in [0, 0.1) is 17.8 Å². The number of hydrogen-bond donors (Lipinski definition) is 2. The lowest BCUT2D eigenvalue weighted by Crippen LogP contribution is -2.34. The molecule has 0 heterocycles. The third kappa shape index (κ3) is 4.97. The third-order valence-electron chi connectivity index (χ3n) is 3.42. The average molecular weight is 226 g/mol. The maximum absolute atomic E-state index is 11.7. The number of carbonyl (C=O) groups excluding carboxylic acids is 1. The van der Waals surface area contributed by atoms with Crippen molar-refractivity contribution in [1.29, 1.82) is 0 Å². The Kier molecular flexibility index (Phi) is 5.81. The molecule has 1 aliphatic carbocycles. The summed E-state index contributed by atoms with van der Waals surface area (Å²) < 4.78 is 0. The lowest BCUT2D eigenvalue weighted by molar-refractivity contribution is -0.122. The molecule has 1 amide bonds. The van der Waals surface area contributed by atoms with Gasteiger partial charge in [-0.15, -0.1) is 0 Å². The molecule has 0 aromatic heterocycles. The Labute approximate surface area is 99.2 Å². The van der Waals surface area contributed by atoms with Gasteiger partial charge in [0, 0.05) is 13.0 Å². The first-order valence-electron chi connectivity index (χ1n) is 6.58. The predicted molar refractivity (Wildman–Crippen MR) is 67.0 cm³/mol. The number of amides is 1. The van der Waals surface area contributed by atoms with Crippen LogP contribution in [-0.2, 0) is 4.79 Å². The molecule has 3 nitrogen and oxygen atoms in total. The summed E-state index contributed by atoms with van der Waals surface area (Å²) in [5.41, 5.74) is 5.68. The van der Waals surface area contributed by atoms with E-state index in [4.69, 9.17) is 5.73 Å². The molecule has 1 atom stereocenters. The first-order chi connectivity index (χ1) is 7.61. The highest BCUT2D eigenvalue weighted by Gasteiger charge is 2.19. The van der Waals surface area contributed by atoms with E-state index in [2.05, 4.69) is 19.2 Å². The van der Waals surface area contributed by atoms with E-state index in [0.29, 0.717) is 24.8 Å². The largest absolute Gasteiger partial charge is 0.356 e. The summed E-state index contributed by atoms with van der Waals surface area (Å²) in [5, 5.41) is 3.03. The summed E-state index contributed by atoms with van der Waals surface area (Å²) in [6.45, 7) is 5.84. The zero-order chi connectivity index (χ0) is 12.0. The zero-order valence-electron chi connectivity index (χ0n) is 10.7. The Morgan fingerprint density at radius 3 is 2.56 bits per heavy atom. The molecule has 94 valence electrons. The van der Waals surface area contributed by atoms with Crippen molar-refractivity contribution < 1.29 is 4.79 Å². The molecule has 1 rings (SSSR count). The van der Waals surface area contributed by atoms with Crippen LogP contribution in [0.5, 0.6) is 0 Å². The van der Waals surface area contributed by atoms with Crippen molar-refractivity contribution in [3.63, 3.8) is 0 Å². The van der Waals surface area contributed by atoms with Crippen LogP contribution < -0.4 is 11.1 Å². The van der Waals surface area contributed by atoms with Gasteiger partial charge in [0.2, 0.25) is 5.91 Å². The lowest BCUT2D eigenvalue weighted by Gasteiger charge is -2.26. The summed E-state index contributed by atoms with van der Waals surface area (Å²) >= 11 is 0. The van der Waals surface area contributed by atoms with Gasteiger partial charge in [0.25, 0.3) is 0 Å². The number of carbonyl (C=O) groups is 1. The fourth-order valence-corrected chi connectivity index (χ4v) is 2.22. The van der Waals surface area contributed by atoms with Crippen molar-refractivity contribution in [2.24, 2.45) is 23.5 Å². The molecule has 16 heavy (non-hydrogen) atoms. The summed E-state index contributed by atoms with van der Waals surface area (Å²) in [5.74, 6) is 1.89. The van der Waals surface area contributed by atoms with E-state index >= 15 is 0 Å². The SMILES string of the molecule is CC(C)CC(CN)CC(=O)NCC1CCC1. The Hall–Kier alpha value is -0.570. The molecule has 0 bridgehead atoms. The van der Waals surface area contributed by atoms with E-state index in [9.17, 15) is 4.79 Å². The van der Waals surface area contributed by atoms with Crippen molar-refractivity contribution >= 4 is 5.91 Å². The van der Waals surface area contributed by atoms with Crippen molar-refractivity contribution in [2.45, 2.75) is 46.0 Å². The van der Waals surface area contributed by atoms with Crippen LogP contribution in [0.25, 0.3) is 0 Å². The Bertz CT molecular complexity index is 212. The van der Waals surface area contributed by atoms with Gasteiger partial charge in [-0.3, -0.25) is 4.79 Å². The molecule has 0 saturated heterocycles. The lowest BCUT2D eigenvalue weighted by atomic mass is 9.85. The maximum Gasteiger partial charge on any atom is 0.220 e. The van der Waals surface area contributed by atoms with E-state index < -0.39 is 0 Å². The molecule has 3 N–H and O–H groups in total. The van der Waals surface area contributed by atoms with Gasteiger partial charge in [-0.1, -0.05) is 20.3 Å². The highest BCUT2D eigenvalue weighted by molar-refractivity contribution is 5.76. The van der Waals surface area contributed by atoms with E-state index in [1.54, 1.807) is 0 Å². The van der Waals surface area contributed by atoms with Gasteiger partial charge < -0.3 is 11.1 Å². The Balaban J connectivity index is 2.14. The number of hydrogen-bond acceptors (Lipinski definition) is 2.